The lowest BCUT2D eigenvalue weighted by atomic mass is 10.2. The number of nitrogens with one attached hydrogen (secondary N) is 1. The summed E-state index contributed by atoms with van der Waals surface area (Å²) in [5.41, 5.74) is -0.554. The third-order valence-electron chi connectivity index (χ3n) is 2.53. The predicted octanol–water partition coefficient (Wildman–Crippen LogP) is 0.973. The molecule has 1 atom stereocenters. The van der Waals surface area contributed by atoms with Crippen LogP contribution < -0.4 is 5.32 Å². The van der Waals surface area contributed by atoms with Gasteiger partial charge >= 0.3 is 12.1 Å². The molecule has 1 aromatic rings. The molecule has 0 spiro atoms. The lowest BCUT2D eigenvalue weighted by Gasteiger charge is -2.16. The lowest BCUT2D eigenvalue weighted by Crippen LogP contribution is -2.46. The highest BCUT2D eigenvalue weighted by molar-refractivity contribution is 6.42. The highest BCUT2D eigenvalue weighted by Gasteiger charge is 2.38. The summed E-state index contributed by atoms with van der Waals surface area (Å²) in [6, 6.07) is -1.26. The summed E-state index contributed by atoms with van der Waals surface area (Å²) in [6.45, 7) is 0.693. The molecule has 0 saturated carbocycles. The highest BCUT2D eigenvalue weighted by atomic mass is 19.4. The van der Waals surface area contributed by atoms with Gasteiger partial charge in [-0.25, -0.2) is 4.79 Å². The van der Waals surface area contributed by atoms with Crippen LogP contribution in [0.5, 0.6) is 0 Å². The molecule has 0 aliphatic heterocycles. The van der Waals surface area contributed by atoms with Crippen molar-refractivity contribution < 1.29 is 32.7 Å². The van der Waals surface area contributed by atoms with Crippen molar-refractivity contribution >= 4 is 17.7 Å². The van der Waals surface area contributed by atoms with Crippen LogP contribution in [0, 0.1) is 0 Å². The van der Waals surface area contributed by atoms with Crippen LogP contribution in [0.15, 0.2) is 12.3 Å². The van der Waals surface area contributed by atoms with E-state index in [0.717, 1.165) is 16.8 Å². The van der Waals surface area contributed by atoms with Crippen molar-refractivity contribution in [3.05, 3.63) is 23.5 Å². The van der Waals surface area contributed by atoms with Gasteiger partial charge in [-0.05, 0) is 13.0 Å². The molecule has 1 aromatic heterocycles. The number of ketones is 1. The van der Waals surface area contributed by atoms with E-state index in [4.69, 9.17) is 5.11 Å². The van der Waals surface area contributed by atoms with E-state index in [1.54, 1.807) is 0 Å². The quantitative estimate of drug-likeness (QED) is 0.639. The predicted molar refractivity (Wildman–Crippen MR) is 60.4 cm³/mol. The van der Waals surface area contributed by atoms with Crippen molar-refractivity contribution in [3.63, 3.8) is 0 Å². The van der Waals surface area contributed by atoms with Gasteiger partial charge in [0.25, 0.3) is 11.7 Å². The van der Waals surface area contributed by atoms with Crippen LogP contribution >= 0.6 is 0 Å². The van der Waals surface area contributed by atoms with E-state index in [2.05, 4.69) is 0 Å². The topological polar surface area (TPSA) is 88.4 Å². The Balaban J connectivity index is 2.90. The van der Waals surface area contributed by atoms with E-state index >= 15 is 0 Å². The number of aromatic nitrogens is 1. The number of aromatic carboxylic acids is 1. The van der Waals surface area contributed by atoms with Crippen molar-refractivity contribution in [2.24, 2.45) is 7.05 Å². The average Bonchev–Trinajstić information content (AvgIpc) is 2.69. The Kier molecular flexibility index (Phi) is 4.21. The van der Waals surface area contributed by atoms with Crippen LogP contribution in [0.4, 0.5) is 13.2 Å². The Morgan fingerprint density at radius 2 is 1.90 bits per heavy atom. The molecule has 2 N–H and O–H groups in total. The van der Waals surface area contributed by atoms with Crippen LogP contribution in [-0.4, -0.2) is 39.6 Å². The molecule has 0 aliphatic rings. The molecule has 6 nitrogen and oxygen atoms in total. The summed E-state index contributed by atoms with van der Waals surface area (Å²) in [6.07, 6.45) is -3.59. The maximum atomic E-state index is 12.3. The Hall–Kier alpha value is -2.32. The summed E-state index contributed by atoms with van der Waals surface area (Å²) in [5.74, 6) is -4.01. The number of carbonyl (C=O) groups is 3. The summed E-state index contributed by atoms with van der Waals surface area (Å²) >= 11 is 0. The summed E-state index contributed by atoms with van der Waals surface area (Å²) in [5, 5.41) is 10.2. The minimum atomic E-state index is -4.67. The van der Waals surface area contributed by atoms with Crippen LogP contribution in [0.25, 0.3) is 0 Å². The van der Waals surface area contributed by atoms with Crippen molar-refractivity contribution in [2.75, 3.05) is 0 Å². The van der Waals surface area contributed by atoms with Crippen LogP contribution in [0.3, 0.4) is 0 Å². The molecule has 1 heterocycles. The van der Waals surface area contributed by atoms with E-state index in [1.807, 2.05) is 0 Å². The van der Waals surface area contributed by atoms with Crippen molar-refractivity contribution in [1.82, 2.24) is 9.88 Å². The van der Waals surface area contributed by atoms with Gasteiger partial charge in [0.2, 0.25) is 0 Å². The summed E-state index contributed by atoms with van der Waals surface area (Å²) < 4.78 is 37.8. The first-order chi connectivity index (χ1) is 9.04. The van der Waals surface area contributed by atoms with Crippen molar-refractivity contribution in [3.8, 4) is 0 Å². The van der Waals surface area contributed by atoms with E-state index in [9.17, 15) is 27.6 Å². The molecular weight excluding hydrogens is 281 g/mol. The Morgan fingerprint density at radius 1 is 1.35 bits per heavy atom. The molecule has 0 unspecified atom stereocenters. The number of carbonyl (C=O) groups excluding carboxylic acids is 2. The fourth-order valence-corrected chi connectivity index (χ4v) is 1.37. The number of rotatable bonds is 4. The normalized spacial score (nSPS) is 12.8. The van der Waals surface area contributed by atoms with Gasteiger partial charge in [0.05, 0.1) is 11.3 Å². The maximum absolute atomic E-state index is 12.3. The third-order valence-corrected chi connectivity index (χ3v) is 2.53. The molecule has 1 amide bonds. The van der Waals surface area contributed by atoms with E-state index in [0.29, 0.717) is 6.92 Å². The largest absolute Gasteiger partial charge is 0.478 e. The smallest absolute Gasteiger partial charge is 0.408 e. The lowest BCUT2D eigenvalue weighted by molar-refractivity contribution is -0.156. The number of hydrogen-bond acceptors (Lipinski definition) is 3. The molecule has 0 fully saturated rings. The molecule has 0 aliphatic carbocycles. The number of hydrogen-bond donors (Lipinski definition) is 2. The van der Waals surface area contributed by atoms with Crippen LogP contribution in [0.1, 0.15) is 27.8 Å². The number of halogens is 3. The zero-order valence-electron chi connectivity index (χ0n) is 10.5. The molecule has 0 aromatic carbocycles. The first kappa shape index (κ1) is 15.7. The Bertz CT molecular complexity index is 563. The summed E-state index contributed by atoms with van der Waals surface area (Å²) in [7, 11) is 1.31. The van der Waals surface area contributed by atoms with Gasteiger partial charge in [-0.3, -0.25) is 9.59 Å². The third kappa shape index (κ3) is 3.37. The monoisotopic (exact) mass is 292 g/mol. The number of amides is 1. The average molecular weight is 292 g/mol. The summed E-state index contributed by atoms with van der Waals surface area (Å²) in [4.78, 5) is 33.8. The second-order valence-corrected chi connectivity index (χ2v) is 4.10. The number of alkyl halides is 3. The van der Waals surface area contributed by atoms with Gasteiger partial charge < -0.3 is 15.0 Å². The van der Waals surface area contributed by atoms with Gasteiger partial charge in [-0.15, -0.1) is 0 Å². The number of carboxylic acids is 1. The first-order valence-corrected chi connectivity index (χ1v) is 5.35. The van der Waals surface area contributed by atoms with Gasteiger partial charge in [-0.2, -0.15) is 13.2 Å². The number of Topliss-reactive ketones (excluding diaryl/α,β-unsaturated/α-hetero) is 1. The Morgan fingerprint density at radius 3 is 2.30 bits per heavy atom. The Labute approximate surface area is 111 Å². The zero-order valence-corrected chi connectivity index (χ0v) is 10.5. The molecule has 0 bridgehead atoms. The van der Waals surface area contributed by atoms with Gasteiger partial charge in [0, 0.05) is 13.2 Å². The standard InChI is InChI=1S/C11H11F3N2O4/c1-5(11(12,13)14)15-9(18)8(17)7-3-6(10(19)20)4-16(7)2/h3-5H,1-2H3,(H,15,18)(H,19,20)/t5-/m1/s1. The molecule has 110 valence electrons. The van der Waals surface area contributed by atoms with Gasteiger partial charge in [0.15, 0.2) is 0 Å². The number of carboxylic acid groups (broad SMARTS) is 1. The zero-order chi connectivity index (χ0) is 15.7. The molecule has 9 heteroatoms. The SMILES string of the molecule is C[C@@H](NC(=O)C(=O)c1cc(C(=O)O)cn1C)C(F)(F)F. The second kappa shape index (κ2) is 5.35. The van der Waals surface area contributed by atoms with Gasteiger partial charge in [0.1, 0.15) is 6.04 Å². The molecule has 0 saturated heterocycles. The van der Waals surface area contributed by atoms with Gasteiger partial charge in [-0.1, -0.05) is 0 Å². The fraction of sp³-hybridized carbons (Fsp3) is 0.364. The maximum Gasteiger partial charge on any atom is 0.408 e. The highest BCUT2D eigenvalue weighted by Crippen LogP contribution is 2.19. The minimum Gasteiger partial charge on any atom is -0.478 e. The second-order valence-electron chi connectivity index (χ2n) is 4.10. The molecule has 20 heavy (non-hydrogen) atoms. The fourth-order valence-electron chi connectivity index (χ4n) is 1.37. The first-order valence-electron chi connectivity index (χ1n) is 5.35. The number of nitrogens with zero attached hydrogens (tertiary/aromatic N) is 1. The minimum absolute atomic E-state index is 0.243. The van der Waals surface area contributed by atoms with Crippen molar-refractivity contribution in [2.45, 2.75) is 19.1 Å². The molecular formula is C11H11F3N2O4. The van der Waals surface area contributed by atoms with Crippen LogP contribution in [-0.2, 0) is 11.8 Å². The van der Waals surface area contributed by atoms with Crippen LogP contribution in [0.2, 0.25) is 0 Å². The van der Waals surface area contributed by atoms with E-state index in [1.165, 1.54) is 12.4 Å². The van der Waals surface area contributed by atoms with Crippen molar-refractivity contribution in [1.29, 1.82) is 0 Å². The number of aryl methyl sites for hydroxylation is 1. The molecule has 0 radical (unpaired) electrons. The van der Waals surface area contributed by atoms with E-state index < -0.39 is 29.9 Å². The van der Waals surface area contributed by atoms with E-state index in [-0.39, 0.29) is 11.3 Å². The molecule has 1 rings (SSSR count).